The van der Waals surface area contributed by atoms with E-state index < -0.39 is 0 Å². The van der Waals surface area contributed by atoms with Gasteiger partial charge in [0.05, 0.1) is 12.2 Å². The van der Waals surface area contributed by atoms with Crippen molar-refractivity contribution < 1.29 is 5.11 Å². The van der Waals surface area contributed by atoms with Crippen LogP contribution in [0.2, 0.25) is 0 Å². The smallest absolute Gasteiger partial charge is 0.265 e. The number of anilines is 2. The second-order valence-electron chi connectivity index (χ2n) is 5.66. The predicted octanol–water partition coefficient (Wildman–Crippen LogP) is 2.57. The monoisotopic (exact) mass is 309 g/mol. The van der Waals surface area contributed by atoms with E-state index in [9.17, 15) is 9.90 Å². The molecule has 5 heteroatoms. The summed E-state index contributed by atoms with van der Waals surface area (Å²) in [6.07, 6.45) is 1.67. The molecule has 0 aliphatic rings. The number of aryl methyl sites for hydroxylation is 2. The highest BCUT2D eigenvalue weighted by molar-refractivity contribution is 5.65. The SMILES string of the molecule is Cc1cccc(N(C)c2nc3c(C)cccn3c(=O)c2CO)c1. The Morgan fingerprint density at radius 2 is 2.00 bits per heavy atom. The fourth-order valence-corrected chi connectivity index (χ4v) is 2.70. The molecular formula is C18H19N3O2. The van der Waals surface area contributed by atoms with Crippen molar-refractivity contribution in [2.75, 3.05) is 11.9 Å². The number of fused-ring (bicyclic) bond motifs is 1. The average Bonchev–Trinajstić information content (AvgIpc) is 2.55. The third-order valence-corrected chi connectivity index (χ3v) is 3.99. The lowest BCUT2D eigenvalue weighted by Gasteiger charge is -2.22. The minimum absolute atomic E-state index is 0.240. The number of benzene rings is 1. The zero-order valence-corrected chi connectivity index (χ0v) is 13.4. The summed E-state index contributed by atoms with van der Waals surface area (Å²) in [6.45, 7) is 3.57. The molecule has 0 saturated heterocycles. The van der Waals surface area contributed by atoms with Crippen molar-refractivity contribution in [2.45, 2.75) is 20.5 Å². The molecule has 3 rings (SSSR count). The van der Waals surface area contributed by atoms with E-state index in [0.717, 1.165) is 16.8 Å². The van der Waals surface area contributed by atoms with Crippen LogP contribution in [0.4, 0.5) is 11.5 Å². The van der Waals surface area contributed by atoms with Crippen molar-refractivity contribution in [1.82, 2.24) is 9.38 Å². The summed E-state index contributed by atoms with van der Waals surface area (Å²) in [6, 6.07) is 11.7. The van der Waals surface area contributed by atoms with Crippen molar-refractivity contribution in [3.8, 4) is 0 Å². The normalized spacial score (nSPS) is 11.0. The molecule has 0 radical (unpaired) electrons. The first-order valence-electron chi connectivity index (χ1n) is 7.45. The van der Waals surface area contributed by atoms with Gasteiger partial charge >= 0.3 is 0 Å². The molecule has 23 heavy (non-hydrogen) atoms. The summed E-state index contributed by atoms with van der Waals surface area (Å²) in [5, 5.41) is 9.70. The molecule has 1 N–H and O–H groups in total. The van der Waals surface area contributed by atoms with Crippen LogP contribution in [0.3, 0.4) is 0 Å². The van der Waals surface area contributed by atoms with Gasteiger partial charge in [-0.15, -0.1) is 0 Å². The van der Waals surface area contributed by atoms with E-state index in [1.165, 1.54) is 4.40 Å². The summed E-state index contributed by atoms with van der Waals surface area (Å²) in [4.78, 5) is 19.2. The second kappa shape index (κ2) is 5.85. The van der Waals surface area contributed by atoms with Crippen molar-refractivity contribution in [1.29, 1.82) is 0 Å². The molecular weight excluding hydrogens is 290 g/mol. The van der Waals surface area contributed by atoms with Crippen molar-refractivity contribution in [2.24, 2.45) is 0 Å². The van der Waals surface area contributed by atoms with Crippen LogP contribution in [0.25, 0.3) is 5.65 Å². The van der Waals surface area contributed by atoms with E-state index in [1.54, 1.807) is 12.3 Å². The quantitative estimate of drug-likeness (QED) is 0.808. The van der Waals surface area contributed by atoms with Crippen molar-refractivity contribution >= 4 is 17.2 Å². The summed E-state index contributed by atoms with van der Waals surface area (Å²) in [7, 11) is 1.85. The molecule has 0 aliphatic carbocycles. The number of hydrogen-bond donors (Lipinski definition) is 1. The molecule has 0 fully saturated rings. The summed E-state index contributed by atoms with van der Waals surface area (Å²) in [5.41, 5.74) is 3.60. The van der Waals surface area contributed by atoms with Crippen LogP contribution >= 0.6 is 0 Å². The summed E-state index contributed by atoms with van der Waals surface area (Å²) >= 11 is 0. The number of aliphatic hydroxyl groups is 1. The molecule has 3 aromatic rings. The lowest BCUT2D eigenvalue weighted by Crippen LogP contribution is -2.25. The zero-order chi connectivity index (χ0) is 16.6. The van der Waals surface area contributed by atoms with Crippen LogP contribution in [0.5, 0.6) is 0 Å². The fourth-order valence-electron chi connectivity index (χ4n) is 2.70. The summed E-state index contributed by atoms with van der Waals surface area (Å²) in [5.74, 6) is 0.484. The van der Waals surface area contributed by atoms with E-state index >= 15 is 0 Å². The summed E-state index contributed by atoms with van der Waals surface area (Å²) < 4.78 is 1.48. The van der Waals surface area contributed by atoms with Crippen LogP contribution in [0.1, 0.15) is 16.7 Å². The molecule has 0 spiro atoms. The molecule has 0 aliphatic heterocycles. The van der Waals surface area contributed by atoms with Gasteiger partial charge in [0.25, 0.3) is 5.56 Å². The lowest BCUT2D eigenvalue weighted by atomic mass is 10.2. The number of pyridine rings is 1. The Bertz CT molecular complexity index is 931. The van der Waals surface area contributed by atoms with Gasteiger partial charge in [-0.05, 0) is 43.2 Å². The molecule has 2 aromatic heterocycles. The maximum Gasteiger partial charge on any atom is 0.265 e. The molecule has 0 saturated carbocycles. The second-order valence-corrected chi connectivity index (χ2v) is 5.66. The van der Waals surface area contributed by atoms with E-state index in [1.807, 2.05) is 56.1 Å². The number of aromatic nitrogens is 2. The van der Waals surface area contributed by atoms with Gasteiger partial charge in [0.1, 0.15) is 11.5 Å². The van der Waals surface area contributed by atoms with Crippen LogP contribution < -0.4 is 10.5 Å². The van der Waals surface area contributed by atoms with Gasteiger partial charge in [-0.1, -0.05) is 18.2 Å². The lowest BCUT2D eigenvalue weighted by molar-refractivity contribution is 0.280. The molecule has 2 heterocycles. The van der Waals surface area contributed by atoms with Gasteiger partial charge in [0.2, 0.25) is 0 Å². The maximum absolute atomic E-state index is 12.7. The molecule has 5 nitrogen and oxygen atoms in total. The highest BCUT2D eigenvalue weighted by Crippen LogP contribution is 2.25. The molecule has 0 atom stereocenters. The van der Waals surface area contributed by atoms with E-state index in [2.05, 4.69) is 4.98 Å². The topological polar surface area (TPSA) is 57.8 Å². The largest absolute Gasteiger partial charge is 0.391 e. The van der Waals surface area contributed by atoms with Gasteiger partial charge in [-0.2, -0.15) is 0 Å². The first kappa shape index (κ1) is 15.2. The Balaban J connectivity index is 2.28. The van der Waals surface area contributed by atoms with E-state index in [-0.39, 0.29) is 17.7 Å². The molecule has 1 aromatic carbocycles. The minimum atomic E-state index is -0.353. The van der Waals surface area contributed by atoms with Crippen LogP contribution in [0, 0.1) is 13.8 Å². The molecule has 0 amide bonds. The van der Waals surface area contributed by atoms with Crippen molar-refractivity contribution in [3.05, 3.63) is 69.6 Å². The molecule has 118 valence electrons. The number of nitrogens with zero attached hydrogens (tertiary/aromatic N) is 3. The number of aliphatic hydroxyl groups excluding tert-OH is 1. The number of rotatable bonds is 3. The van der Waals surface area contributed by atoms with Crippen LogP contribution in [0.15, 0.2) is 47.4 Å². The average molecular weight is 309 g/mol. The van der Waals surface area contributed by atoms with Gasteiger partial charge in [0.15, 0.2) is 0 Å². The van der Waals surface area contributed by atoms with E-state index in [0.29, 0.717) is 11.5 Å². The fraction of sp³-hybridized carbons (Fsp3) is 0.222. The van der Waals surface area contributed by atoms with Crippen molar-refractivity contribution in [3.63, 3.8) is 0 Å². The Hall–Kier alpha value is -2.66. The Kier molecular flexibility index (Phi) is 3.88. The van der Waals surface area contributed by atoms with E-state index in [4.69, 9.17) is 0 Å². The first-order valence-corrected chi connectivity index (χ1v) is 7.45. The standard InChI is InChI=1S/C18H19N3O2/c1-12-6-4-8-14(10-12)20(3)17-15(11-22)18(23)21-9-5-7-13(2)16(21)19-17/h4-10,22H,11H2,1-3H3. The molecule has 0 unspecified atom stereocenters. The Labute approximate surface area is 134 Å². The predicted molar refractivity (Wildman–Crippen MR) is 91.4 cm³/mol. The highest BCUT2D eigenvalue weighted by Gasteiger charge is 2.17. The number of hydrogen-bond acceptors (Lipinski definition) is 4. The third kappa shape index (κ3) is 2.59. The highest BCUT2D eigenvalue weighted by atomic mass is 16.3. The van der Waals surface area contributed by atoms with Gasteiger partial charge < -0.3 is 10.0 Å². The maximum atomic E-state index is 12.7. The zero-order valence-electron chi connectivity index (χ0n) is 13.4. The van der Waals surface area contributed by atoms with Gasteiger partial charge in [-0.3, -0.25) is 9.20 Å². The first-order chi connectivity index (χ1) is 11.0. The van der Waals surface area contributed by atoms with Crippen LogP contribution in [-0.2, 0) is 6.61 Å². The van der Waals surface area contributed by atoms with Gasteiger partial charge in [-0.25, -0.2) is 4.98 Å². The van der Waals surface area contributed by atoms with Crippen LogP contribution in [-0.4, -0.2) is 21.5 Å². The Morgan fingerprint density at radius 1 is 1.22 bits per heavy atom. The minimum Gasteiger partial charge on any atom is -0.391 e. The Morgan fingerprint density at radius 3 is 2.70 bits per heavy atom. The van der Waals surface area contributed by atoms with Gasteiger partial charge in [0, 0.05) is 18.9 Å². The third-order valence-electron chi connectivity index (χ3n) is 3.99. The molecule has 0 bridgehead atoms.